The Balaban J connectivity index is 2.57. The van der Waals surface area contributed by atoms with Gasteiger partial charge in [0, 0.05) is 5.69 Å². The highest BCUT2D eigenvalue weighted by molar-refractivity contribution is 5.93. The number of nitrogens with one attached hydrogen (secondary N) is 3. The van der Waals surface area contributed by atoms with Gasteiger partial charge in [0.1, 0.15) is 0 Å². The van der Waals surface area contributed by atoms with Crippen LogP contribution in [0.4, 0.5) is 5.69 Å². The van der Waals surface area contributed by atoms with Gasteiger partial charge in [-0.3, -0.25) is 9.59 Å². The van der Waals surface area contributed by atoms with Crippen LogP contribution in [0.1, 0.15) is 16.7 Å². The van der Waals surface area contributed by atoms with Crippen LogP contribution in [0.15, 0.2) is 12.1 Å². The molecule has 1 aromatic rings. The summed E-state index contributed by atoms with van der Waals surface area (Å²) < 4.78 is 0. The number of terminal acetylenes is 1. The zero-order valence-electron chi connectivity index (χ0n) is 13.7. The monoisotopic (exact) mass is 302 g/mol. The minimum absolute atomic E-state index is 0.114. The minimum atomic E-state index is -0.161. The molecule has 1 atom stereocenters. The number of benzene rings is 1. The van der Waals surface area contributed by atoms with Gasteiger partial charge in [-0.1, -0.05) is 23.6 Å². The molecular formula is C17H24N3O2+. The molecule has 0 saturated carbocycles. The molecule has 0 bridgehead atoms. The van der Waals surface area contributed by atoms with Gasteiger partial charge in [-0.05, 0) is 31.9 Å². The Morgan fingerprint density at radius 2 is 1.68 bits per heavy atom. The average molecular weight is 302 g/mol. The van der Waals surface area contributed by atoms with Crippen molar-refractivity contribution < 1.29 is 14.5 Å². The number of quaternary nitrogens is 1. The normalized spacial score (nSPS) is 11.4. The lowest BCUT2D eigenvalue weighted by Gasteiger charge is -2.16. The van der Waals surface area contributed by atoms with Gasteiger partial charge >= 0.3 is 0 Å². The summed E-state index contributed by atoms with van der Waals surface area (Å²) in [7, 11) is 1.80. The smallest absolute Gasteiger partial charge is 0.279 e. The summed E-state index contributed by atoms with van der Waals surface area (Å²) in [5.41, 5.74) is 4.09. The third kappa shape index (κ3) is 5.58. The van der Waals surface area contributed by atoms with Crippen LogP contribution in [0.3, 0.4) is 0 Å². The lowest BCUT2D eigenvalue weighted by molar-refractivity contribution is -0.862. The van der Waals surface area contributed by atoms with Gasteiger partial charge in [-0.15, -0.1) is 6.42 Å². The lowest BCUT2D eigenvalue weighted by atomic mass is 10.1. The molecule has 0 fully saturated rings. The van der Waals surface area contributed by atoms with Crippen molar-refractivity contribution in [2.75, 3.05) is 32.0 Å². The molecule has 0 aliphatic rings. The summed E-state index contributed by atoms with van der Waals surface area (Å²) in [6.45, 7) is 6.61. The van der Waals surface area contributed by atoms with E-state index < -0.39 is 0 Å². The second-order valence-corrected chi connectivity index (χ2v) is 5.61. The average Bonchev–Trinajstić information content (AvgIpc) is 2.40. The van der Waals surface area contributed by atoms with Gasteiger partial charge in [0.05, 0.1) is 13.6 Å². The molecule has 0 aliphatic carbocycles. The van der Waals surface area contributed by atoms with Crippen LogP contribution in [-0.2, 0) is 9.59 Å². The summed E-state index contributed by atoms with van der Waals surface area (Å²) in [4.78, 5) is 24.5. The lowest BCUT2D eigenvalue weighted by Crippen LogP contribution is -3.11. The van der Waals surface area contributed by atoms with Gasteiger partial charge in [0.25, 0.3) is 11.8 Å². The number of hydrogen-bond acceptors (Lipinski definition) is 2. The first-order valence-electron chi connectivity index (χ1n) is 7.22. The topological polar surface area (TPSA) is 62.6 Å². The van der Waals surface area contributed by atoms with Crippen LogP contribution in [-0.4, -0.2) is 38.5 Å². The Morgan fingerprint density at radius 3 is 2.23 bits per heavy atom. The van der Waals surface area contributed by atoms with Crippen molar-refractivity contribution in [2.45, 2.75) is 20.8 Å². The van der Waals surface area contributed by atoms with E-state index in [0.717, 1.165) is 21.7 Å². The fourth-order valence-corrected chi connectivity index (χ4v) is 2.38. The highest BCUT2D eigenvalue weighted by Crippen LogP contribution is 2.21. The molecule has 5 nitrogen and oxygen atoms in total. The van der Waals surface area contributed by atoms with Crippen molar-refractivity contribution in [1.82, 2.24) is 5.32 Å². The van der Waals surface area contributed by atoms with E-state index >= 15 is 0 Å². The number of amides is 2. The second kappa shape index (κ2) is 8.20. The predicted octanol–water partition coefficient (Wildman–Crippen LogP) is -0.186. The van der Waals surface area contributed by atoms with Gasteiger partial charge in [0.2, 0.25) is 0 Å². The molecule has 1 rings (SSSR count). The number of rotatable bonds is 6. The fourth-order valence-electron chi connectivity index (χ4n) is 2.38. The number of likely N-dealkylation sites (N-methyl/N-ethyl adjacent to an activating group) is 1. The van der Waals surface area contributed by atoms with Crippen LogP contribution in [0.25, 0.3) is 0 Å². The van der Waals surface area contributed by atoms with Crippen LogP contribution in [0, 0.1) is 33.1 Å². The number of carbonyl (C=O) groups excluding carboxylic acids is 2. The van der Waals surface area contributed by atoms with Crippen LogP contribution < -0.4 is 15.5 Å². The quantitative estimate of drug-likeness (QED) is 0.638. The molecule has 1 aromatic carbocycles. The first kappa shape index (κ1) is 17.7. The minimum Gasteiger partial charge on any atom is -0.340 e. The Labute approximate surface area is 132 Å². The van der Waals surface area contributed by atoms with Gasteiger partial charge in [-0.2, -0.15) is 0 Å². The van der Waals surface area contributed by atoms with Crippen LogP contribution in [0.2, 0.25) is 0 Å². The highest BCUT2D eigenvalue weighted by Gasteiger charge is 2.15. The first-order valence-corrected chi connectivity index (χ1v) is 7.22. The first-order chi connectivity index (χ1) is 10.3. The standard InChI is InChI=1S/C17H23N3O2/c1-6-7-18-15(21)10-20(5)11-16(22)19-17-13(3)8-12(2)9-14(17)4/h1,8-9H,7,10-11H2,2-5H3,(H,18,21)(H,19,22)/p+1. The molecule has 118 valence electrons. The largest absolute Gasteiger partial charge is 0.340 e. The van der Waals surface area contributed by atoms with Gasteiger partial charge < -0.3 is 15.5 Å². The number of anilines is 1. The van der Waals surface area contributed by atoms with E-state index in [1.54, 1.807) is 7.05 Å². The molecule has 0 spiro atoms. The van der Waals surface area contributed by atoms with E-state index in [1.165, 1.54) is 5.56 Å². The molecule has 0 saturated heterocycles. The summed E-state index contributed by atoms with van der Waals surface area (Å²) in [6, 6.07) is 4.07. The van der Waals surface area contributed by atoms with Crippen LogP contribution in [0.5, 0.6) is 0 Å². The summed E-state index contributed by atoms with van der Waals surface area (Å²) in [5, 5.41) is 5.51. The van der Waals surface area contributed by atoms with Crippen molar-refractivity contribution in [3.05, 3.63) is 28.8 Å². The van der Waals surface area contributed by atoms with E-state index in [-0.39, 0.29) is 31.4 Å². The van der Waals surface area contributed by atoms with E-state index in [0.29, 0.717) is 0 Å². The van der Waals surface area contributed by atoms with E-state index in [1.807, 2.05) is 32.9 Å². The van der Waals surface area contributed by atoms with E-state index in [2.05, 4.69) is 16.6 Å². The number of hydrogen-bond donors (Lipinski definition) is 3. The summed E-state index contributed by atoms with van der Waals surface area (Å²) in [6.07, 6.45) is 5.08. The highest BCUT2D eigenvalue weighted by atomic mass is 16.2. The summed E-state index contributed by atoms with van der Waals surface area (Å²) in [5.74, 6) is 2.07. The third-order valence-corrected chi connectivity index (χ3v) is 3.25. The van der Waals surface area contributed by atoms with Crippen molar-refractivity contribution >= 4 is 17.5 Å². The SMILES string of the molecule is C#CCNC(=O)C[NH+](C)CC(=O)Nc1c(C)cc(C)cc1C. The predicted molar refractivity (Wildman–Crippen MR) is 87.7 cm³/mol. The van der Waals surface area contributed by atoms with Gasteiger partial charge in [-0.25, -0.2) is 0 Å². The van der Waals surface area contributed by atoms with Crippen molar-refractivity contribution in [2.24, 2.45) is 0 Å². The molecule has 2 amide bonds. The Kier molecular flexibility index (Phi) is 6.61. The fraction of sp³-hybridized carbons (Fsp3) is 0.412. The molecule has 5 heteroatoms. The third-order valence-electron chi connectivity index (χ3n) is 3.25. The molecule has 0 heterocycles. The second-order valence-electron chi connectivity index (χ2n) is 5.61. The van der Waals surface area contributed by atoms with Crippen molar-refractivity contribution in [3.63, 3.8) is 0 Å². The Hall–Kier alpha value is -2.32. The molecule has 0 radical (unpaired) electrons. The summed E-state index contributed by atoms with van der Waals surface area (Å²) >= 11 is 0. The van der Waals surface area contributed by atoms with Crippen molar-refractivity contribution in [3.8, 4) is 12.3 Å². The molecule has 0 aliphatic heterocycles. The maximum absolute atomic E-state index is 12.1. The molecule has 22 heavy (non-hydrogen) atoms. The maximum atomic E-state index is 12.1. The molecular weight excluding hydrogens is 278 g/mol. The Morgan fingerprint density at radius 1 is 1.14 bits per heavy atom. The zero-order valence-corrected chi connectivity index (χ0v) is 13.7. The van der Waals surface area contributed by atoms with Gasteiger partial charge in [0.15, 0.2) is 13.1 Å². The van der Waals surface area contributed by atoms with Crippen LogP contribution >= 0.6 is 0 Å². The molecule has 0 aromatic heterocycles. The Bertz CT molecular complexity index is 579. The van der Waals surface area contributed by atoms with E-state index in [9.17, 15) is 9.59 Å². The van der Waals surface area contributed by atoms with Crippen molar-refractivity contribution in [1.29, 1.82) is 0 Å². The number of carbonyl (C=O) groups is 2. The van der Waals surface area contributed by atoms with E-state index in [4.69, 9.17) is 6.42 Å². The maximum Gasteiger partial charge on any atom is 0.279 e. The molecule has 1 unspecified atom stereocenters. The zero-order chi connectivity index (χ0) is 16.7. The number of aryl methyl sites for hydroxylation is 3. The molecule has 3 N–H and O–H groups in total.